The molecule has 1 fully saturated rings. The van der Waals surface area contributed by atoms with Crippen molar-refractivity contribution < 1.29 is 19.1 Å². The summed E-state index contributed by atoms with van der Waals surface area (Å²) in [5.74, 6) is -0.281. The third-order valence-electron chi connectivity index (χ3n) is 3.38. The number of Topliss-reactive ketones (excluding diaryl/α,β-unsaturated/α-hetero) is 1. The molecule has 1 aromatic carbocycles. The van der Waals surface area contributed by atoms with Crippen molar-refractivity contribution in [2.45, 2.75) is 38.2 Å². The molecule has 1 saturated carbocycles. The second-order valence-corrected chi connectivity index (χ2v) is 5.25. The Morgan fingerprint density at radius 1 is 1.30 bits per heavy atom. The van der Waals surface area contributed by atoms with Crippen LogP contribution in [0, 0.1) is 0 Å². The zero-order valence-electron chi connectivity index (χ0n) is 11.4. The van der Waals surface area contributed by atoms with Crippen LogP contribution in [0.15, 0.2) is 18.2 Å². The smallest absolute Gasteiger partial charge is 0.313 e. The van der Waals surface area contributed by atoms with Crippen LogP contribution < -0.4 is 4.74 Å². The van der Waals surface area contributed by atoms with Gasteiger partial charge in [-0.05, 0) is 43.9 Å². The van der Waals surface area contributed by atoms with E-state index >= 15 is 0 Å². The van der Waals surface area contributed by atoms with Crippen LogP contribution in [0.3, 0.4) is 0 Å². The van der Waals surface area contributed by atoms with E-state index in [2.05, 4.69) is 4.74 Å². The summed E-state index contributed by atoms with van der Waals surface area (Å²) < 4.78 is 10.3. The summed E-state index contributed by atoms with van der Waals surface area (Å²) in [5.41, 5.74) is 0.388. The van der Waals surface area contributed by atoms with Crippen molar-refractivity contribution in [3.8, 4) is 5.75 Å². The molecule has 0 aliphatic heterocycles. The van der Waals surface area contributed by atoms with Gasteiger partial charge in [-0.3, -0.25) is 9.59 Å². The van der Waals surface area contributed by atoms with Crippen LogP contribution in [0.2, 0.25) is 5.02 Å². The first kappa shape index (κ1) is 14.9. The Morgan fingerprint density at radius 2 is 2.00 bits per heavy atom. The Labute approximate surface area is 123 Å². The summed E-state index contributed by atoms with van der Waals surface area (Å²) in [7, 11) is 1.25. The topological polar surface area (TPSA) is 52.6 Å². The Morgan fingerprint density at radius 3 is 2.60 bits per heavy atom. The average molecular weight is 297 g/mol. The minimum Gasteiger partial charge on any atom is -0.489 e. The largest absolute Gasteiger partial charge is 0.489 e. The third-order valence-corrected chi connectivity index (χ3v) is 3.68. The summed E-state index contributed by atoms with van der Waals surface area (Å²) in [5, 5.41) is 0.396. The Kier molecular flexibility index (Phi) is 5.01. The number of methoxy groups -OCH3 is 1. The van der Waals surface area contributed by atoms with Crippen molar-refractivity contribution in [2.75, 3.05) is 7.11 Å². The lowest BCUT2D eigenvalue weighted by molar-refractivity contribution is -0.139. The van der Waals surface area contributed by atoms with Gasteiger partial charge in [0.2, 0.25) is 0 Å². The number of hydrogen-bond acceptors (Lipinski definition) is 4. The molecule has 0 spiro atoms. The molecule has 0 atom stereocenters. The Bertz CT molecular complexity index is 507. The molecule has 108 valence electrons. The SMILES string of the molecule is COC(=O)CC(=O)c1ccc(OC2CCCC2)c(Cl)c1. The summed E-state index contributed by atoms with van der Waals surface area (Å²) in [6, 6.07) is 4.85. The Balaban J connectivity index is 2.04. The fourth-order valence-corrected chi connectivity index (χ4v) is 2.49. The number of carbonyl (C=O) groups is 2. The van der Waals surface area contributed by atoms with Crippen molar-refractivity contribution in [2.24, 2.45) is 0 Å². The van der Waals surface area contributed by atoms with E-state index in [1.807, 2.05) is 0 Å². The molecule has 0 amide bonds. The third kappa shape index (κ3) is 3.73. The van der Waals surface area contributed by atoms with E-state index < -0.39 is 5.97 Å². The van der Waals surface area contributed by atoms with Gasteiger partial charge in [0, 0.05) is 5.56 Å². The molecular formula is C15H17ClO4. The first-order chi connectivity index (χ1) is 9.60. The molecule has 0 unspecified atom stereocenters. The van der Waals surface area contributed by atoms with Crippen molar-refractivity contribution in [1.82, 2.24) is 0 Å². The lowest BCUT2D eigenvalue weighted by atomic mass is 10.1. The van der Waals surface area contributed by atoms with E-state index in [4.69, 9.17) is 16.3 Å². The molecule has 0 saturated heterocycles. The van der Waals surface area contributed by atoms with Gasteiger partial charge in [0.15, 0.2) is 5.78 Å². The fourth-order valence-electron chi connectivity index (χ4n) is 2.26. The molecule has 0 N–H and O–H groups in total. The van der Waals surface area contributed by atoms with Crippen LogP contribution in [0.1, 0.15) is 42.5 Å². The van der Waals surface area contributed by atoms with Gasteiger partial charge in [-0.2, -0.15) is 0 Å². The van der Waals surface area contributed by atoms with E-state index in [1.54, 1.807) is 12.1 Å². The van der Waals surface area contributed by atoms with Crippen LogP contribution in [-0.4, -0.2) is 25.0 Å². The summed E-state index contributed by atoms with van der Waals surface area (Å²) >= 11 is 6.13. The second-order valence-electron chi connectivity index (χ2n) is 4.85. The van der Waals surface area contributed by atoms with Gasteiger partial charge in [0.1, 0.15) is 12.2 Å². The van der Waals surface area contributed by atoms with Gasteiger partial charge in [-0.25, -0.2) is 0 Å². The molecular weight excluding hydrogens is 280 g/mol. The standard InChI is InChI=1S/C15H17ClO4/c1-19-15(18)9-13(17)10-6-7-14(12(16)8-10)20-11-4-2-3-5-11/h6-8,11H,2-5,9H2,1H3. The monoisotopic (exact) mass is 296 g/mol. The highest BCUT2D eigenvalue weighted by atomic mass is 35.5. The molecule has 0 radical (unpaired) electrons. The highest BCUT2D eigenvalue weighted by molar-refractivity contribution is 6.32. The van der Waals surface area contributed by atoms with E-state index in [0.717, 1.165) is 12.8 Å². The lowest BCUT2D eigenvalue weighted by Gasteiger charge is -2.14. The van der Waals surface area contributed by atoms with E-state index in [0.29, 0.717) is 16.3 Å². The lowest BCUT2D eigenvalue weighted by Crippen LogP contribution is -2.12. The molecule has 0 aromatic heterocycles. The molecule has 0 heterocycles. The first-order valence-corrected chi connectivity index (χ1v) is 7.04. The quantitative estimate of drug-likeness (QED) is 0.475. The van der Waals surface area contributed by atoms with E-state index in [1.165, 1.54) is 26.0 Å². The van der Waals surface area contributed by atoms with Gasteiger partial charge in [0.25, 0.3) is 0 Å². The molecule has 2 rings (SSSR count). The summed E-state index contributed by atoms with van der Waals surface area (Å²) in [6.45, 7) is 0. The van der Waals surface area contributed by atoms with E-state index in [-0.39, 0.29) is 18.3 Å². The number of ketones is 1. The summed E-state index contributed by atoms with van der Waals surface area (Å²) in [4.78, 5) is 22.9. The van der Waals surface area contributed by atoms with Crippen molar-refractivity contribution >= 4 is 23.4 Å². The predicted molar refractivity (Wildman–Crippen MR) is 75.3 cm³/mol. The van der Waals surface area contributed by atoms with Crippen molar-refractivity contribution in [3.63, 3.8) is 0 Å². The average Bonchev–Trinajstić information content (AvgIpc) is 2.93. The second kappa shape index (κ2) is 6.75. The molecule has 1 aliphatic carbocycles. The maximum atomic E-state index is 11.8. The maximum absolute atomic E-state index is 11.8. The normalized spacial score (nSPS) is 15.1. The molecule has 5 heteroatoms. The van der Waals surface area contributed by atoms with Gasteiger partial charge in [-0.1, -0.05) is 11.6 Å². The maximum Gasteiger partial charge on any atom is 0.313 e. The van der Waals surface area contributed by atoms with Gasteiger partial charge in [0.05, 0.1) is 18.2 Å². The van der Waals surface area contributed by atoms with Crippen molar-refractivity contribution in [3.05, 3.63) is 28.8 Å². The highest BCUT2D eigenvalue weighted by Gasteiger charge is 2.19. The number of esters is 1. The number of ether oxygens (including phenoxy) is 2. The molecule has 20 heavy (non-hydrogen) atoms. The molecule has 1 aliphatic rings. The van der Waals surface area contributed by atoms with Crippen molar-refractivity contribution in [1.29, 1.82) is 0 Å². The van der Waals surface area contributed by atoms with Gasteiger partial charge >= 0.3 is 5.97 Å². The van der Waals surface area contributed by atoms with Crippen LogP contribution in [0.25, 0.3) is 0 Å². The number of hydrogen-bond donors (Lipinski definition) is 0. The van der Waals surface area contributed by atoms with Gasteiger partial charge < -0.3 is 9.47 Å². The van der Waals surface area contributed by atoms with Crippen LogP contribution in [0.5, 0.6) is 5.75 Å². The van der Waals surface area contributed by atoms with Crippen LogP contribution >= 0.6 is 11.6 Å². The predicted octanol–water partition coefficient (Wildman–Crippen LogP) is 3.41. The number of benzene rings is 1. The van der Waals surface area contributed by atoms with Crippen LogP contribution in [-0.2, 0) is 9.53 Å². The molecule has 1 aromatic rings. The number of rotatable bonds is 5. The number of carbonyl (C=O) groups excluding carboxylic acids is 2. The zero-order chi connectivity index (χ0) is 14.5. The number of halogens is 1. The summed E-state index contributed by atoms with van der Waals surface area (Å²) in [6.07, 6.45) is 4.37. The zero-order valence-corrected chi connectivity index (χ0v) is 12.1. The van der Waals surface area contributed by atoms with E-state index in [9.17, 15) is 9.59 Å². The Hall–Kier alpha value is -1.55. The highest BCUT2D eigenvalue weighted by Crippen LogP contribution is 2.30. The fraction of sp³-hybridized carbons (Fsp3) is 0.467. The first-order valence-electron chi connectivity index (χ1n) is 6.66. The molecule has 4 nitrogen and oxygen atoms in total. The molecule has 0 bridgehead atoms. The van der Waals surface area contributed by atoms with Crippen LogP contribution in [0.4, 0.5) is 0 Å². The minimum atomic E-state index is -0.558. The van der Waals surface area contributed by atoms with Gasteiger partial charge in [-0.15, -0.1) is 0 Å². The minimum absolute atomic E-state index is 0.212.